The third kappa shape index (κ3) is 113. The number of halogens is 2. The van der Waals surface area contributed by atoms with Crippen LogP contribution in [0.3, 0.4) is 0 Å². The van der Waals surface area contributed by atoms with Crippen LogP contribution < -0.4 is 79.4 Å². The van der Waals surface area contributed by atoms with Crippen LogP contribution in [0.5, 0.6) is 0 Å². The molecule has 0 bridgehead atoms. The topological polar surface area (TPSA) is 358 Å². The third-order valence-corrected chi connectivity index (χ3v) is 5.88. The molecular weight excluding hydrogens is 874 g/mol. The summed E-state index contributed by atoms with van der Waals surface area (Å²) in [6.07, 6.45) is -2.33. The Morgan fingerprint density at radius 3 is 0.564 bits per heavy atom. The fourth-order valence-corrected chi connectivity index (χ4v) is 3.74. The van der Waals surface area contributed by atoms with Crippen LogP contribution >= 0.6 is 0 Å². The molecule has 0 rings (SSSR count). The number of nitrogens with zero attached hydrogens (tertiary/aromatic N) is 2. The van der Waals surface area contributed by atoms with E-state index < -0.39 is 26.6 Å². The van der Waals surface area contributed by atoms with E-state index in [-0.39, 0.29) is 39.6 Å². The molecule has 20 nitrogen and oxygen atoms in total. The van der Waals surface area contributed by atoms with Crippen molar-refractivity contribution < 1.29 is 112 Å². The molecule has 0 aliphatic heterocycles. The predicted molar refractivity (Wildman–Crippen MR) is 181 cm³/mol. The molecule has 0 aromatic rings. The number of rotatable bonds is 24. The van der Waals surface area contributed by atoms with Gasteiger partial charge in [-0.15, -0.1) is 20.5 Å². The summed E-state index contributed by atoms with van der Waals surface area (Å²) >= 11 is 0. The molecule has 0 spiro atoms. The Hall–Kier alpha value is 0.209. The summed E-state index contributed by atoms with van der Waals surface area (Å²) in [6, 6.07) is 3.44. The number of nitrogens with one attached hydrogen (secondary N) is 6. The first-order valence-electron chi connectivity index (χ1n) is 17.5. The Labute approximate surface area is 356 Å². The van der Waals surface area contributed by atoms with Crippen molar-refractivity contribution >= 4 is 6.16 Å². The van der Waals surface area contributed by atoms with Gasteiger partial charge in [-0.2, -0.15) is 0 Å². The summed E-state index contributed by atoms with van der Waals surface area (Å²) in [5, 5.41) is 37.6. The van der Waals surface area contributed by atoms with Gasteiger partial charge in [0.25, 0.3) is 0 Å². The Morgan fingerprint density at radius 2 is 0.491 bits per heavy atom. The standard InChI is InChI=1S/2C15H36N4.CH2O3.2ClHO4.2Cu.H2O/c2*1-13(2)16-7-10-19(11-8-17-14(3)4)12-9-18-15(5)6;2-1(3)4;2*2-1(3,4)5;;;/h2*13-18H,7-12H2,1-6H3;(H2,2,3,4);2*(H,2,3,4,5);;;1H2/q;;;;;2*+2;/p-4. The molecule has 0 aromatic heterocycles. The molecule has 55 heavy (non-hydrogen) atoms. The Morgan fingerprint density at radius 1 is 0.400 bits per heavy atom. The molecule has 0 unspecified atom stereocenters. The summed E-state index contributed by atoms with van der Waals surface area (Å²) in [4.78, 5) is 13.4. The first-order chi connectivity index (χ1) is 23.6. The average Bonchev–Trinajstić information content (AvgIpc) is 2.89. The van der Waals surface area contributed by atoms with Crippen LogP contribution in [0.2, 0.25) is 0 Å². The van der Waals surface area contributed by atoms with Gasteiger partial charge in [-0.25, -0.2) is 37.3 Å². The summed E-state index contributed by atoms with van der Waals surface area (Å²) < 4.78 is 67.9. The number of hydrogen-bond donors (Lipinski definition) is 6. The van der Waals surface area contributed by atoms with Crippen LogP contribution in [0, 0.1) is 20.5 Å². The average molecular weight is 949 g/mol. The molecule has 8 N–H and O–H groups in total. The minimum Gasteiger partial charge on any atom is -0.652 e. The monoisotopic (exact) mass is 946 g/mol. The van der Waals surface area contributed by atoms with E-state index in [1.54, 1.807) is 0 Å². The maximum absolute atomic E-state index is 8.49. The molecule has 0 aliphatic rings. The van der Waals surface area contributed by atoms with E-state index in [2.05, 4.69) is 125 Å². The quantitative estimate of drug-likeness (QED) is 0.0489. The van der Waals surface area contributed by atoms with Gasteiger partial charge >= 0.3 is 34.1 Å². The predicted octanol–water partition coefficient (Wildman–Crippen LogP) is -10.2. The van der Waals surface area contributed by atoms with Gasteiger partial charge in [-0.05, 0) is 6.16 Å². The van der Waals surface area contributed by atoms with Crippen molar-refractivity contribution in [2.24, 2.45) is 0 Å². The molecule has 0 aromatic carbocycles. The maximum atomic E-state index is 8.49. The maximum Gasteiger partial charge on any atom is 2.00 e. The van der Waals surface area contributed by atoms with E-state index in [9.17, 15) is 0 Å². The number of carbonyl (C=O) groups excluding carboxylic acids is 1. The third-order valence-electron chi connectivity index (χ3n) is 5.88. The van der Waals surface area contributed by atoms with E-state index in [1.807, 2.05) is 0 Å². The van der Waals surface area contributed by atoms with Gasteiger partial charge in [-0.1, -0.05) is 83.1 Å². The zero-order valence-electron chi connectivity index (χ0n) is 34.7. The van der Waals surface area contributed by atoms with Gasteiger partial charge in [-0.3, -0.25) is 9.80 Å². The minimum atomic E-state index is -4.94. The number of hydrogen-bond acceptors (Lipinski definition) is 19. The zero-order valence-corrected chi connectivity index (χ0v) is 38.1. The first-order valence-corrected chi connectivity index (χ1v) is 20.0. The van der Waals surface area contributed by atoms with E-state index in [1.165, 1.54) is 0 Å². The number of carboxylic acid groups (broad SMARTS) is 2. The van der Waals surface area contributed by atoms with Crippen LogP contribution in [-0.2, 0) is 34.1 Å². The smallest absolute Gasteiger partial charge is 0.652 e. The summed E-state index contributed by atoms with van der Waals surface area (Å²) in [5.74, 6) is 0. The largest absolute Gasteiger partial charge is 2.00 e. The Kier molecular flexibility index (Phi) is 62.1. The van der Waals surface area contributed by atoms with Crippen LogP contribution in [0.25, 0.3) is 0 Å². The van der Waals surface area contributed by atoms with Gasteiger partial charge in [0.1, 0.15) is 0 Å². The van der Waals surface area contributed by atoms with E-state index in [0.29, 0.717) is 36.3 Å². The van der Waals surface area contributed by atoms with Crippen molar-refractivity contribution in [1.29, 1.82) is 0 Å². The van der Waals surface area contributed by atoms with Crippen molar-refractivity contribution in [1.82, 2.24) is 41.7 Å². The molecular formula is C31H74Cl2Cu2N8O12. The molecule has 0 saturated heterocycles. The molecule has 0 amide bonds. The van der Waals surface area contributed by atoms with Gasteiger partial charge < -0.3 is 52.4 Å². The Bertz CT molecular complexity index is 631. The van der Waals surface area contributed by atoms with Crippen molar-refractivity contribution in [3.8, 4) is 0 Å². The normalized spacial score (nSPS) is 11.1. The summed E-state index contributed by atoms with van der Waals surface area (Å²) in [7, 11) is -9.89. The van der Waals surface area contributed by atoms with Gasteiger partial charge in [0.05, 0.1) is 0 Å². The van der Waals surface area contributed by atoms with Crippen LogP contribution in [0.15, 0.2) is 0 Å². The summed E-state index contributed by atoms with van der Waals surface area (Å²) in [6.45, 7) is 39.6. The fraction of sp³-hybridized carbons (Fsp3) is 0.968. The fourth-order valence-electron chi connectivity index (χ4n) is 3.74. The van der Waals surface area contributed by atoms with Crippen LogP contribution in [0.1, 0.15) is 83.1 Å². The minimum absolute atomic E-state index is 0. The molecule has 346 valence electrons. The molecule has 0 atom stereocenters. The molecule has 0 fully saturated rings. The van der Waals surface area contributed by atoms with Crippen molar-refractivity contribution in [3.05, 3.63) is 0 Å². The van der Waals surface area contributed by atoms with E-state index in [4.69, 9.17) is 52.3 Å². The van der Waals surface area contributed by atoms with Gasteiger partial charge in [0, 0.05) is 115 Å². The van der Waals surface area contributed by atoms with Crippen molar-refractivity contribution in [3.63, 3.8) is 0 Å². The number of carbonyl (C=O) groups is 1. The second kappa shape index (κ2) is 46.9. The van der Waals surface area contributed by atoms with Crippen LogP contribution in [0.4, 0.5) is 4.79 Å². The van der Waals surface area contributed by atoms with Crippen LogP contribution in [-0.4, -0.2) is 136 Å². The SMILES string of the molecule is CC(C)NCCN(CCNC(C)C)CCNC(C)C.CC(C)NCCN(CCNC(C)C)CCNC(C)C.O.O=C([O-])[O-].[Cu+2].[Cu+2].[O-][Cl+3]([O-])([O-])[O-].[O-][Cl+3]([O-])([O-])[O-]. The molecule has 2 radical (unpaired) electrons. The van der Waals surface area contributed by atoms with E-state index >= 15 is 0 Å². The van der Waals surface area contributed by atoms with Crippen molar-refractivity contribution in [2.75, 3.05) is 78.5 Å². The second-order valence-corrected chi connectivity index (χ2v) is 14.9. The zero-order chi connectivity index (χ0) is 41.9. The first kappa shape index (κ1) is 72.8. The summed E-state index contributed by atoms with van der Waals surface area (Å²) in [5.41, 5.74) is 0. The Balaban J connectivity index is -0.0000000955. The van der Waals surface area contributed by atoms with Crippen molar-refractivity contribution in [2.45, 2.75) is 119 Å². The molecule has 0 aliphatic carbocycles. The van der Waals surface area contributed by atoms with E-state index in [0.717, 1.165) is 78.5 Å². The molecule has 0 heterocycles. The molecule has 24 heteroatoms. The molecule has 0 saturated carbocycles. The van der Waals surface area contributed by atoms with Gasteiger partial charge in [0.15, 0.2) is 0 Å². The van der Waals surface area contributed by atoms with Gasteiger partial charge in [0.2, 0.25) is 0 Å². The second-order valence-electron chi connectivity index (χ2n) is 13.3.